The highest BCUT2D eigenvalue weighted by molar-refractivity contribution is 5.69. The average molecular weight is 226 g/mol. The van der Waals surface area contributed by atoms with Crippen molar-refractivity contribution in [1.82, 2.24) is 9.55 Å². The maximum atomic E-state index is 11.1. The lowest BCUT2D eigenvalue weighted by molar-refractivity contribution is -0.145. The molecule has 1 N–H and O–H groups in total. The van der Waals surface area contributed by atoms with Crippen LogP contribution in [0.15, 0.2) is 12.4 Å². The zero-order valence-corrected chi connectivity index (χ0v) is 9.72. The van der Waals surface area contributed by atoms with E-state index in [0.717, 1.165) is 5.82 Å². The number of rotatable bonds is 6. The van der Waals surface area contributed by atoms with Crippen molar-refractivity contribution in [3.63, 3.8) is 0 Å². The van der Waals surface area contributed by atoms with Crippen LogP contribution in [0.1, 0.15) is 25.6 Å². The fourth-order valence-electron chi connectivity index (χ4n) is 1.45. The average Bonchev–Trinajstić information content (AvgIpc) is 2.61. The number of hydrogen-bond donors (Lipinski definition) is 1. The van der Waals surface area contributed by atoms with E-state index in [9.17, 15) is 9.90 Å². The van der Waals surface area contributed by atoms with E-state index >= 15 is 0 Å². The predicted octanol–water partition coefficient (Wildman–Crippen LogP) is 0.667. The maximum absolute atomic E-state index is 11.1. The van der Waals surface area contributed by atoms with Gasteiger partial charge in [0, 0.05) is 25.9 Å². The monoisotopic (exact) mass is 226 g/mol. The van der Waals surface area contributed by atoms with Gasteiger partial charge in [-0.25, -0.2) is 4.98 Å². The number of carbonyl (C=O) groups is 1. The summed E-state index contributed by atoms with van der Waals surface area (Å²) in [5.41, 5.74) is 0. The van der Waals surface area contributed by atoms with Gasteiger partial charge < -0.3 is 14.4 Å². The van der Waals surface area contributed by atoms with Crippen molar-refractivity contribution in [2.45, 2.75) is 32.3 Å². The van der Waals surface area contributed by atoms with E-state index in [1.165, 1.54) is 0 Å². The molecule has 16 heavy (non-hydrogen) atoms. The minimum absolute atomic E-state index is 0.0538. The standard InChI is InChI=1S/C11H18N2O3/c1-3-16-11(15)8-9(14)4-5-10-12-6-7-13(10)2/h6-7,9,14H,3-5,8H2,1-2H3. The number of aromatic nitrogens is 2. The second-order valence-electron chi connectivity index (χ2n) is 3.66. The van der Waals surface area contributed by atoms with Crippen molar-refractivity contribution in [3.05, 3.63) is 18.2 Å². The molecule has 1 aromatic heterocycles. The number of aryl methyl sites for hydroxylation is 2. The van der Waals surface area contributed by atoms with Gasteiger partial charge in [-0.2, -0.15) is 0 Å². The number of nitrogens with zero attached hydrogens (tertiary/aromatic N) is 2. The highest BCUT2D eigenvalue weighted by atomic mass is 16.5. The molecule has 0 aliphatic carbocycles. The molecule has 90 valence electrons. The van der Waals surface area contributed by atoms with Gasteiger partial charge >= 0.3 is 5.97 Å². The number of aliphatic hydroxyl groups excluding tert-OH is 1. The molecule has 1 rings (SSSR count). The maximum Gasteiger partial charge on any atom is 0.308 e. The van der Waals surface area contributed by atoms with E-state index in [1.807, 2.05) is 17.8 Å². The molecule has 5 heteroatoms. The smallest absolute Gasteiger partial charge is 0.308 e. The molecule has 5 nitrogen and oxygen atoms in total. The zero-order valence-electron chi connectivity index (χ0n) is 9.72. The molecule has 1 aromatic rings. The molecule has 1 atom stereocenters. The van der Waals surface area contributed by atoms with Crippen LogP contribution < -0.4 is 0 Å². The summed E-state index contributed by atoms with van der Waals surface area (Å²) in [7, 11) is 1.90. The highest BCUT2D eigenvalue weighted by Crippen LogP contribution is 2.06. The quantitative estimate of drug-likeness (QED) is 0.724. The van der Waals surface area contributed by atoms with E-state index in [4.69, 9.17) is 4.74 Å². The molecule has 0 fully saturated rings. The molecule has 0 spiro atoms. The van der Waals surface area contributed by atoms with Crippen LogP contribution in [0, 0.1) is 0 Å². The summed E-state index contributed by atoms with van der Waals surface area (Å²) in [4.78, 5) is 15.2. The Kier molecular flexibility index (Phi) is 4.98. The molecule has 0 saturated heterocycles. The van der Waals surface area contributed by atoms with Crippen molar-refractivity contribution < 1.29 is 14.6 Å². The van der Waals surface area contributed by atoms with Crippen molar-refractivity contribution in [2.24, 2.45) is 7.05 Å². The Morgan fingerprint density at radius 2 is 2.44 bits per heavy atom. The normalized spacial score (nSPS) is 12.4. The van der Waals surface area contributed by atoms with Crippen LogP contribution in [0.5, 0.6) is 0 Å². The largest absolute Gasteiger partial charge is 0.466 e. The number of ether oxygens (including phenoxy) is 1. The number of aliphatic hydroxyl groups is 1. The van der Waals surface area contributed by atoms with Crippen LogP contribution in [-0.4, -0.2) is 33.3 Å². The van der Waals surface area contributed by atoms with Crippen LogP contribution in [-0.2, 0) is 23.0 Å². The molecule has 0 aromatic carbocycles. The van der Waals surface area contributed by atoms with Crippen LogP contribution in [0.25, 0.3) is 0 Å². The number of esters is 1. The molecular formula is C11H18N2O3. The molecule has 0 bridgehead atoms. The predicted molar refractivity (Wildman–Crippen MR) is 58.8 cm³/mol. The Morgan fingerprint density at radius 1 is 1.69 bits per heavy atom. The minimum atomic E-state index is -0.657. The van der Waals surface area contributed by atoms with Gasteiger partial charge in [0.15, 0.2) is 0 Å². The van der Waals surface area contributed by atoms with Crippen molar-refractivity contribution >= 4 is 5.97 Å². The summed E-state index contributed by atoms with van der Waals surface area (Å²) in [5, 5.41) is 9.60. The number of imidazole rings is 1. The molecule has 1 heterocycles. The van der Waals surface area contributed by atoms with Gasteiger partial charge in [-0.05, 0) is 13.3 Å². The number of carbonyl (C=O) groups excluding carboxylic acids is 1. The number of hydrogen-bond acceptors (Lipinski definition) is 4. The van der Waals surface area contributed by atoms with Crippen LogP contribution in [0.2, 0.25) is 0 Å². The van der Waals surface area contributed by atoms with Gasteiger partial charge in [-0.1, -0.05) is 0 Å². The third-order valence-electron chi connectivity index (χ3n) is 2.33. The van der Waals surface area contributed by atoms with Gasteiger partial charge in [0.25, 0.3) is 0 Å². The summed E-state index contributed by atoms with van der Waals surface area (Å²) in [5.74, 6) is 0.553. The summed E-state index contributed by atoms with van der Waals surface area (Å²) >= 11 is 0. The molecule has 0 radical (unpaired) electrons. The van der Waals surface area contributed by atoms with Crippen LogP contribution >= 0.6 is 0 Å². The Morgan fingerprint density at radius 3 is 3.00 bits per heavy atom. The SMILES string of the molecule is CCOC(=O)CC(O)CCc1nccn1C. The van der Waals surface area contributed by atoms with E-state index in [1.54, 1.807) is 13.1 Å². The minimum Gasteiger partial charge on any atom is -0.466 e. The zero-order chi connectivity index (χ0) is 12.0. The Labute approximate surface area is 95.1 Å². The van der Waals surface area contributed by atoms with E-state index in [0.29, 0.717) is 19.4 Å². The molecule has 0 amide bonds. The van der Waals surface area contributed by atoms with E-state index < -0.39 is 6.10 Å². The first kappa shape index (κ1) is 12.7. The Balaban J connectivity index is 2.27. The molecule has 0 aliphatic rings. The van der Waals surface area contributed by atoms with Crippen molar-refractivity contribution in [1.29, 1.82) is 0 Å². The Hall–Kier alpha value is -1.36. The van der Waals surface area contributed by atoms with E-state index in [2.05, 4.69) is 4.98 Å². The third-order valence-corrected chi connectivity index (χ3v) is 2.33. The lowest BCUT2D eigenvalue weighted by atomic mass is 10.1. The van der Waals surface area contributed by atoms with Crippen LogP contribution in [0.4, 0.5) is 0 Å². The summed E-state index contributed by atoms with van der Waals surface area (Å²) in [6.45, 7) is 2.10. The molecular weight excluding hydrogens is 208 g/mol. The second-order valence-corrected chi connectivity index (χ2v) is 3.66. The first-order valence-corrected chi connectivity index (χ1v) is 5.43. The highest BCUT2D eigenvalue weighted by Gasteiger charge is 2.12. The lowest BCUT2D eigenvalue weighted by Crippen LogP contribution is -2.17. The summed E-state index contributed by atoms with van der Waals surface area (Å²) in [6.07, 6.45) is 4.14. The van der Waals surface area contributed by atoms with E-state index in [-0.39, 0.29) is 12.4 Å². The molecule has 0 saturated carbocycles. The summed E-state index contributed by atoms with van der Waals surface area (Å²) < 4.78 is 6.65. The lowest BCUT2D eigenvalue weighted by Gasteiger charge is -2.09. The fraction of sp³-hybridized carbons (Fsp3) is 0.636. The third kappa shape index (κ3) is 4.02. The topological polar surface area (TPSA) is 64.3 Å². The van der Waals surface area contributed by atoms with Crippen molar-refractivity contribution in [3.8, 4) is 0 Å². The second kappa shape index (κ2) is 6.27. The van der Waals surface area contributed by atoms with Gasteiger partial charge in [0.1, 0.15) is 5.82 Å². The van der Waals surface area contributed by atoms with Gasteiger partial charge in [-0.3, -0.25) is 4.79 Å². The first-order chi connectivity index (χ1) is 7.63. The summed E-state index contributed by atoms with van der Waals surface area (Å²) in [6, 6.07) is 0. The van der Waals surface area contributed by atoms with Crippen molar-refractivity contribution in [2.75, 3.05) is 6.61 Å². The fourth-order valence-corrected chi connectivity index (χ4v) is 1.45. The molecule has 1 unspecified atom stereocenters. The Bertz CT molecular complexity index is 336. The van der Waals surface area contributed by atoms with Gasteiger partial charge in [0.05, 0.1) is 19.1 Å². The van der Waals surface area contributed by atoms with Crippen LogP contribution in [0.3, 0.4) is 0 Å². The molecule has 0 aliphatic heterocycles. The van der Waals surface area contributed by atoms with Gasteiger partial charge in [0.2, 0.25) is 0 Å². The first-order valence-electron chi connectivity index (χ1n) is 5.43. The van der Waals surface area contributed by atoms with Gasteiger partial charge in [-0.15, -0.1) is 0 Å².